The molecule has 28 heavy (non-hydrogen) atoms. The number of hydrogen-bond acceptors (Lipinski definition) is 4. The van der Waals surface area contributed by atoms with Crippen LogP contribution in [0.4, 0.5) is 13.2 Å². The number of hydrogen-bond donors (Lipinski definition) is 1. The van der Waals surface area contributed by atoms with Crippen molar-refractivity contribution in [1.29, 1.82) is 0 Å². The van der Waals surface area contributed by atoms with Crippen LogP contribution in [0, 0.1) is 5.92 Å². The van der Waals surface area contributed by atoms with Gasteiger partial charge in [0.15, 0.2) is 0 Å². The van der Waals surface area contributed by atoms with Crippen LogP contribution >= 0.6 is 12.4 Å². The van der Waals surface area contributed by atoms with E-state index in [1.54, 1.807) is 12.3 Å². The van der Waals surface area contributed by atoms with E-state index < -0.39 is 6.36 Å². The van der Waals surface area contributed by atoms with E-state index in [2.05, 4.69) is 15.2 Å². The van der Waals surface area contributed by atoms with Crippen LogP contribution in [0.25, 0.3) is 11.1 Å². The smallest absolute Gasteiger partial charge is 0.493 e. The van der Waals surface area contributed by atoms with Crippen LogP contribution < -0.4 is 14.8 Å². The molecule has 1 saturated carbocycles. The second kappa shape index (κ2) is 8.61. The molecule has 0 spiro atoms. The summed E-state index contributed by atoms with van der Waals surface area (Å²) in [5.41, 5.74) is 1.56. The number of piperidine rings is 1. The number of aromatic nitrogens is 2. The summed E-state index contributed by atoms with van der Waals surface area (Å²) in [6.07, 6.45) is 3.17. The number of ether oxygens (including phenoxy) is 2. The summed E-state index contributed by atoms with van der Waals surface area (Å²) in [5.74, 6) is 0.610. The van der Waals surface area contributed by atoms with E-state index in [0.29, 0.717) is 24.3 Å². The molecule has 0 radical (unpaired) electrons. The maximum absolute atomic E-state index is 12.5. The monoisotopic (exact) mass is 417 g/mol. The highest BCUT2D eigenvalue weighted by molar-refractivity contribution is 5.85. The zero-order chi connectivity index (χ0) is 18.9. The van der Waals surface area contributed by atoms with Crippen molar-refractivity contribution in [2.24, 2.45) is 5.92 Å². The van der Waals surface area contributed by atoms with Crippen molar-refractivity contribution in [3.63, 3.8) is 0 Å². The molecule has 9 heteroatoms. The van der Waals surface area contributed by atoms with E-state index in [0.717, 1.165) is 49.9 Å². The molecule has 1 saturated heterocycles. The second-order valence-electron chi connectivity index (χ2n) is 7.15. The average molecular weight is 418 g/mol. The van der Waals surface area contributed by atoms with Crippen molar-refractivity contribution in [1.82, 2.24) is 15.1 Å². The summed E-state index contributed by atoms with van der Waals surface area (Å²) in [6.45, 7) is 2.42. The molecule has 4 rings (SSSR count). The standard InChI is InChI=1S/C19H22F3N3O2.ClH/c20-19(21,22)27-16-3-4-17(18(9-16)26-12-13-1-2-13)14-10-24-25(11-14)15-5-7-23-8-6-15;/h3-4,9-11,13,15,23H,1-2,5-8,12H2;1H. The minimum atomic E-state index is -4.73. The Balaban J connectivity index is 0.00000225. The minimum Gasteiger partial charge on any atom is -0.493 e. The Morgan fingerprint density at radius 2 is 1.89 bits per heavy atom. The van der Waals surface area contributed by atoms with Crippen LogP contribution in [0.15, 0.2) is 30.6 Å². The predicted molar refractivity (Wildman–Crippen MR) is 101 cm³/mol. The molecule has 1 aromatic heterocycles. The van der Waals surface area contributed by atoms with Crippen molar-refractivity contribution < 1.29 is 22.6 Å². The van der Waals surface area contributed by atoms with Gasteiger partial charge in [0.05, 0.1) is 18.8 Å². The van der Waals surface area contributed by atoms with Gasteiger partial charge in [-0.25, -0.2) is 0 Å². The third kappa shape index (κ3) is 5.32. The number of nitrogens with zero attached hydrogens (tertiary/aromatic N) is 2. The first-order valence-electron chi connectivity index (χ1n) is 9.26. The lowest BCUT2D eigenvalue weighted by Crippen LogP contribution is -2.29. The molecule has 1 aromatic carbocycles. The molecule has 2 aliphatic rings. The Hall–Kier alpha value is -1.93. The van der Waals surface area contributed by atoms with Crippen molar-refractivity contribution in [2.75, 3.05) is 19.7 Å². The molecule has 0 amide bonds. The van der Waals surface area contributed by atoms with E-state index in [1.807, 2.05) is 10.9 Å². The average Bonchev–Trinajstić information content (AvgIpc) is 3.34. The number of nitrogens with one attached hydrogen (secondary N) is 1. The van der Waals surface area contributed by atoms with Gasteiger partial charge in [-0.2, -0.15) is 5.10 Å². The second-order valence-corrected chi connectivity index (χ2v) is 7.15. The molecule has 1 N–H and O–H groups in total. The topological polar surface area (TPSA) is 48.3 Å². The zero-order valence-corrected chi connectivity index (χ0v) is 16.1. The van der Waals surface area contributed by atoms with Crippen molar-refractivity contribution >= 4 is 12.4 Å². The van der Waals surface area contributed by atoms with Crippen LogP contribution in [0.1, 0.15) is 31.7 Å². The molecule has 5 nitrogen and oxygen atoms in total. The quantitative estimate of drug-likeness (QED) is 0.747. The highest BCUT2D eigenvalue weighted by atomic mass is 35.5. The summed E-state index contributed by atoms with van der Waals surface area (Å²) in [7, 11) is 0. The molecule has 0 atom stereocenters. The van der Waals surface area contributed by atoms with E-state index >= 15 is 0 Å². The minimum absolute atomic E-state index is 0. The van der Waals surface area contributed by atoms with Crippen LogP contribution in [0.3, 0.4) is 0 Å². The molecule has 2 fully saturated rings. The Kier molecular flexibility index (Phi) is 6.40. The van der Waals surface area contributed by atoms with Crippen molar-refractivity contribution in [3.8, 4) is 22.6 Å². The first-order chi connectivity index (χ1) is 13.0. The first kappa shape index (κ1) is 20.8. The maximum atomic E-state index is 12.5. The SMILES string of the molecule is Cl.FC(F)(F)Oc1ccc(-c2cnn(C3CCNCC3)c2)c(OCC2CC2)c1. The van der Waals surface area contributed by atoms with Gasteiger partial charge in [0.1, 0.15) is 11.5 Å². The normalized spacial score (nSPS) is 17.8. The maximum Gasteiger partial charge on any atom is 0.573 e. The fourth-order valence-corrected chi connectivity index (χ4v) is 3.30. The van der Waals surface area contributed by atoms with Gasteiger partial charge in [0.25, 0.3) is 0 Å². The summed E-state index contributed by atoms with van der Waals surface area (Å²) < 4.78 is 49.5. The van der Waals surface area contributed by atoms with E-state index in [-0.39, 0.29) is 18.2 Å². The van der Waals surface area contributed by atoms with E-state index in [1.165, 1.54) is 12.1 Å². The number of benzene rings is 1. The van der Waals surface area contributed by atoms with Crippen LogP contribution in [-0.2, 0) is 0 Å². The molecule has 2 heterocycles. The third-order valence-electron chi connectivity index (χ3n) is 4.95. The first-order valence-corrected chi connectivity index (χ1v) is 9.26. The lowest BCUT2D eigenvalue weighted by molar-refractivity contribution is -0.274. The molecule has 1 aliphatic carbocycles. The van der Waals surface area contributed by atoms with Crippen molar-refractivity contribution in [3.05, 3.63) is 30.6 Å². The van der Waals surface area contributed by atoms with Gasteiger partial charge in [-0.3, -0.25) is 4.68 Å². The van der Waals surface area contributed by atoms with Gasteiger partial charge in [-0.1, -0.05) is 0 Å². The lowest BCUT2D eigenvalue weighted by atomic mass is 10.1. The summed E-state index contributed by atoms with van der Waals surface area (Å²) >= 11 is 0. The van der Waals surface area contributed by atoms with Gasteiger partial charge >= 0.3 is 6.36 Å². The molecular weight excluding hydrogens is 395 g/mol. The molecule has 0 unspecified atom stereocenters. The van der Waals surface area contributed by atoms with Gasteiger partial charge in [0, 0.05) is 23.4 Å². The summed E-state index contributed by atoms with van der Waals surface area (Å²) in [5, 5.41) is 7.79. The van der Waals surface area contributed by atoms with E-state index in [9.17, 15) is 13.2 Å². The van der Waals surface area contributed by atoms with Gasteiger partial charge in [-0.15, -0.1) is 25.6 Å². The van der Waals surface area contributed by atoms with E-state index in [4.69, 9.17) is 4.74 Å². The number of halogens is 4. The highest BCUT2D eigenvalue weighted by Gasteiger charge is 2.31. The van der Waals surface area contributed by atoms with Crippen LogP contribution in [0.5, 0.6) is 11.5 Å². The Labute approximate surface area is 167 Å². The molecule has 1 aliphatic heterocycles. The van der Waals surface area contributed by atoms with Crippen LogP contribution in [0.2, 0.25) is 0 Å². The Morgan fingerprint density at radius 1 is 1.14 bits per heavy atom. The molecule has 2 aromatic rings. The zero-order valence-electron chi connectivity index (χ0n) is 15.2. The Morgan fingerprint density at radius 3 is 2.57 bits per heavy atom. The highest BCUT2D eigenvalue weighted by Crippen LogP contribution is 2.37. The number of alkyl halides is 3. The van der Waals surface area contributed by atoms with Crippen LogP contribution in [-0.4, -0.2) is 35.8 Å². The van der Waals surface area contributed by atoms with Gasteiger partial charge in [0.2, 0.25) is 0 Å². The third-order valence-corrected chi connectivity index (χ3v) is 4.95. The van der Waals surface area contributed by atoms with Gasteiger partial charge in [-0.05, 0) is 56.8 Å². The Bertz CT molecular complexity index is 787. The fraction of sp³-hybridized carbons (Fsp3) is 0.526. The molecular formula is C19H23ClF3N3O2. The number of rotatable bonds is 6. The molecule has 154 valence electrons. The fourth-order valence-electron chi connectivity index (χ4n) is 3.30. The summed E-state index contributed by atoms with van der Waals surface area (Å²) in [4.78, 5) is 0. The van der Waals surface area contributed by atoms with Gasteiger partial charge < -0.3 is 14.8 Å². The summed E-state index contributed by atoms with van der Waals surface area (Å²) in [6, 6.07) is 4.57. The lowest BCUT2D eigenvalue weighted by Gasteiger charge is -2.22. The predicted octanol–water partition coefficient (Wildman–Crippen LogP) is 4.58. The largest absolute Gasteiger partial charge is 0.573 e. The van der Waals surface area contributed by atoms with Crippen molar-refractivity contribution in [2.45, 2.75) is 38.1 Å². The molecule has 0 bridgehead atoms.